The molecule has 0 aliphatic carbocycles. The van der Waals surface area contributed by atoms with E-state index in [2.05, 4.69) is 32.9 Å². The van der Waals surface area contributed by atoms with Crippen molar-refractivity contribution in [2.24, 2.45) is 0 Å². The minimum atomic E-state index is 0.261. The summed E-state index contributed by atoms with van der Waals surface area (Å²) >= 11 is 1.63. The van der Waals surface area contributed by atoms with Crippen molar-refractivity contribution in [1.29, 1.82) is 0 Å². The lowest BCUT2D eigenvalue weighted by Crippen LogP contribution is -2.40. The largest absolute Gasteiger partial charge is 0.339 e. The SMILES string of the molecule is CCCCN(C(=O)CSc1ccccc1)C(C)CC. The van der Waals surface area contributed by atoms with Crippen molar-refractivity contribution in [2.45, 2.75) is 51.0 Å². The fourth-order valence-corrected chi connectivity index (χ4v) is 2.69. The van der Waals surface area contributed by atoms with Gasteiger partial charge in [0, 0.05) is 17.5 Å². The van der Waals surface area contributed by atoms with Gasteiger partial charge in [-0.05, 0) is 31.9 Å². The first-order chi connectivity index (χ1) is 9.19. The minimum Gasteiger partial charge on any atom is -0.339 e. The third-order valence-electron chi connectivity index (χ3n) is 3.30. The van der Waals surface area contributed by atoms with Crippen LogP contribution in [0.15, 0.2) is 35.2 Å². The molecule has 1 atom stereocenters. The minimum absolute atomic E-state index is 0.261. The molecule has 0 aromatic heterocycles. The summed E-state index contributed by atoms with van der Waals surface area (Å²) in [5.74, 6) is 0.801. The van der Waals surface area contributed by atoms with E-state index in [4.69, 9.17) is 0 Å². The Morgan fingerprint density at radius 2 is 1.95 bits per heavy atom. The van der Waals surface area contributed by atoms with Crippen LogP contribution in [0, 0.1) is 0 Å². The predicted octanol–water partition coefficient (Wildman–Crippen LogP) is 4.21. The van der Waals surface area contributed by atoms with Crippen LogP contribution < -0.4 is 0 Å². The second-order valence-corrected chi connectivity index (χ2v) is 5.85. The number of thioether (sulfide) groups is 1. The standard InChI is InChI=1S/C16H25NOS/c1-4-6-12-17(14(3)5-2)16(18)13-19-15-10-8-7-9-11-15/h7-11,14H,4-6,12-13H2,1-3H3. The van der Waals surface area contributed by atoms with E-state index in [1.165, 1.54) is 0 Å². The highest BCUT2D eigenvalue weighted by atomic mass is 32.2. The van der Waals surface area contributed by atoms with Crippen molar-refractivity contribution in [3.05, 3.63) is 30.3 Å². The third kappa shape index (κ3) is 5.68. The van der Waals surface area contributed by atoms with Gasteiger partial charge in [-0.1, -0.05) is 38.5 Å². The van der Waals surface area contributed by atoms with E-state index in [0.717, 1.165) is 30.7 Å². The summed E-state index contributed by atoms with van der Waals surface area (Å²) in [4.78, 5) is 15.5. The lowest BCUT2D eigenvalue weighted by Gasteiger charge is -2.28. The maximum atomic E-state index is 12.3. The molecule has 2 nitrogen and oxygen atoms in total. The van der Waals surface area contributed by atoms with Gasteiger partial charge in [0.15, 0.2) is 0 Å². The zero-order chi connectivity index (χ0) is 14.1. The van der Waals surface area contributed by atoms with Crippen LogP contribution in [0.2, 0.25) is 0 Å². The lowest BCUT2D eigenvalue weighted by molar-refractivity contribution is -0.130. The molecule has 0 fully saturated rings. The molecule has 1 amide bonds. The molecule has 1 rings (SSSR count). The van der Waals surface area contributed by atoms with E-state index in [1.807, 2.05) is 23.1 Å². The first-order valence-electron chi connectivity index (χ1n) is 7.16. The topological polar surface area (TPSA) is 20.3 Å². The van der Waals surface area contributed by atoms with Gasteiger partial charge in [0.2, 0.25) is 5.91 Å². The molecule has 0 radical (unpaired) electrons. The smallest absolute Gasteiger partial charge is 0.233 e. The summed E-state index contributed by atoms with van der Waals surface area (Å²) in [6.45, 7) is 7.33. The van der Waals surface area contributed by atoms with Gasteiger partial charge in [0.1, 0.15) is 0 Å². The molecule has 19 heavy (non-hydrogen) atoms. The molecule has 106 valence electrons. The van der Waals surface area contributed by atoms with E-state index in [0.29, 0.717) is 11.8 Å². The van der Waals surface area contributed by atoms with Crippen LogP contribution >= 0.6 is 11.8 Å². The molecule has 1 aromatic carbocycles. The van der Waals surface area contributed by atoms with Crippen LogP contribution in [0.1, 0.15) is 40.0 Å². The van der Waals surface area contributed by atoms with Gasteiger partial charge in [-0.3, -0.25) is 4.79 Å². The van der Waals surface area contributed by atoms with Crippen LogP contribution in [0.4, 0.5) is 0 Å². The van der Waals surface area contributed by atoms with Crippen LogP contribution in [-0.2, 0) is 4.79 Å². The molecule has 0 heterocycles. The summed E-state index contributed by atoms with van der Waals surface area (Å²) in [5.41, 5.74) is 0. The van der Waals surface area contributed by atoms with Crippen LogP contribution in [0.3, 0.4) is 0 Å². The summed E-state index contributed by atoms with van der Waals surface area (Å²) in [5, 5.41) is 0. The fourth-order valence-electron chi connectivity index (χ4n) is 1.88. The predicted molar refractivity (Wildman–Crippen MR) is 83.5 cm³/mol. The molecule has 1 aromatic rings. The number of hydrogen-bond donors (Lipinski definition) is 0. The molecule has 0 N–H and O–H groups in total. The van der Waals surface area contributed by atoms with Crippen LogP contribution in [0.25, 0.3) is 0 Å². The summed E-state index contributed by atoms with van der Waals surface area (Å²) in [6, 6.07) is 10.5. The maximum absolute atomic E-state index is 12.3. The Labute approximate surface area is 121 Å². The van der Waals surface area contributed by atoms with E-state index in [-0.39, 0.29) is 5.91 Å². The quantitative estimate of drug-likeness (QED) is 0.665. The molecule has 0 saturated carbocycles. The van der Waals surface area contributed by atoms with Crippen molar-refractivity contribution in [3.8, 4) is 0 Å². The van der Waals surface area contributed by atoms with Crippen molar-refractivity contribution in [2.75, 3.05) is 12.3 Å². The first kappa shape index (κ1) is 16.1. The Bertz CT molecular complexity index is 366. The average Bonchev–Trinajstić information content (AvgIpc) is 2.46. The Morgan fingerprint density at radius 1 is 1.26 bits per heavy atom. The van der Waals surface area contributed by atoms with Gasteiger partial charge < -0.3 is 4.90 Å². The maximum Gasteiger partial charge on any atom is 0.233 e. The summed E-state index contributed by atoms with van der Waals surface area (Å²) in [7, 11) is 0. The number of carbonyl (C=O) groups is 1. The molecule has 0 saturated heterocycles. The molecular weight excluding hydrogens is 254 g/mol. The Hall–Kier alpha value is -0.960. The molecule has 0 spiro atoms. The van der Waals surface area contributed by atoms with Gasteiger partial charge in [-0.25, -0.2) is 0 Å². The van der Waals surface area contributed by atoms with Crippen molar-refractivity contribution in [1.82, 2.24) is 4.90 Å². The highest BCUT2D eigenvalue weighted by molar-refractivity contribution is 8.00. The van der Waals surface area contributed by atoms with E-state index in [1.54, 1.807) is 11.8 Å². The number of rotatable bonds is 8. The Kier molecular flexibility index (Phi) is 7.65. The normalized spacial score (nSPS) is 12.2. The number of amides is 1. The summed E-state index contributed by atoms with van der Waals surface area (Å²) in [6.07, 6.45) is 3.24. The van der Waals surface area contributed by atoms with Crippen LogP contribution in [-0.4, -0.2) is 29.1 Å². The Morgan fingerprint density at radius 3 is 2.53 bits per heavy atom. The number of hydrogen-bond acceptors (Lipinski definition) is 2. The second kappa shape index (κ2) is 9.03. The highest BCUT2D eigenvalue weighted by Crippen LogP contribution is 2.18. The third-order valence-corrected chi connectivity index (χ3v) is 4.30. The van der Waals surface area contributed by atoms with Crippen molar-refractivity contribution < 1.29 is 4.79 Å². The molecule has 0 aliphatic rings. The van der Waals surface area contributed by atoms with Gasteiger partial charge in [0.25, 0.3) is 0 Å². The number of carbonyl (C=O) groups excluding carboxylic acids is 1. The zero-order valence-electron chi connectivity index (χ0n) is 12.3. The van der Waals surface area contributed by atoms with E-state index >= 15 is 0 Å². The van der Waals surface area contributed by atoms with E-state index < -0.39 is 0 Å². The van der Waals surface area contributed by atoms with Crippen LogP contribution in [0.5, 0.6) is 0 Å². The molecule has 3 heteroatoms. The van der Waals surface area contributed by atoms with Crippen molar-refractivity contribution in [3.63, 3.8) is 0 Å². The molecule has 0 aliphatic heterocycles. The lowest BCUT2D eigenvalue weighted by atomic mass is 10.2. The average molecular weight is 279 g/mol. The highest BCUT2D eigenvalue weighted by Gasteiger charge is 2.18. The number of unbranched alkanes of at least 4 members (excludes halogenated alkanes) is 1. The second-order valence-electron chi connectivity index (χ2n) is 4.80. The van der Waals surface area contributed by atoms with Gasteiger partial charge in [0.05, 0.1) is 5.75 Å². The fraction of sp³-hybridized carbons (Fsp3) is 0.562. The molecular formula is C16H25NOS. The monoisotopic (exact) mass is 279 g/mol. The summed E-state index contributed by atoms with van der Waals surface area (Å²) < 4.78 is 0. The van der Waals surface area contributed by atoms with Gasteiger partial charge in [-0.15, -0.1) is 11.8 Å². The number of benzene rings is 1. The van der Waals surface area contributed by atoms with Gasteiger partial charge >= 0.3 is 0 Å². The zero-order valence-corrected chi connectivity index (χ0v) is 13.1. The molecule has 1 unspecified atom stereocenters. The molecule has 0 bridgehead atoms. The number of nitrogens with zero attached hydrogens (tertiary/aromatic N) is 1. The van der Waals surface area contributed by atoms with E-state index in [9.17, 15) is 4.79 Å². The van der Waals surface area contributed by atoms with Gasteiger partial charge in [-0.2, -0.15) is 0 Å². The Balaban J connectivity index is 2.51. The first-order valence-corrected chi connectivity index (χ1v) is 8.14. The van der Waals surface area contributed by atoms with Crippen molar-refractivity contribution >= 4 is 17.7 Å².